The van der Waals surface area contributed by atoms with E-state index in [2.05, 4.69) is 10.3 Å². The van der Waals surface area contributed by atoms with Crippen molar-refractivity contribution in [3.8, 4) is 11.5 Å². The lowest BCUT2D eigenvalue weighted by Gasteiger charge is -2.09. The molecule has 0 atom stereocenters. The first-order valence-electron chi connectivity index (χ1n) is 7.36. The number of amides is 1. The number of aromatic nitrogens is 1. The minimum Gasteiger partial charge on any atom is -0.431 e. The monoisotopic (exact) mass is 346 g/mol. The van der Waals surface area contributed by atoms with Crippen molar-refractivity contribution in [2.45, 2.75) is 13.1 Å². The number of nitrogens with one attached hydrogen (secondary N) is 1. The fraction of sp³-hybridized carbons (Fsp3) is 0.111. The predicted octanol–water partition coefficient (Wildman–Crippen LogP) is 4.92. The van der Waals surface area contributed by atoms with Crippen molar-refractivity contribution in [2.24, 2.45) is 0 Å². The number of alkyl halides is 3. The Hall–Kier alpha value is -3.09. The Balaban J connectivity index is 1.84. The van der Waals surface area contributed by atoms with E-state index in [-0.39, 0.29) is 17.3 Å². The highest BCUT2D eigenvalue weighted by atomic mass is 19.4. The molecule has 0 spiro atoms. The van der Waals surface area contributed by atoms with Crippen molar-refractivity contribution >= 4 is 11.6 Å². The van der Waals surface area contributed by atoms with E-state index < -0.39 is 17.6 Å². The summed E-state index contributed by atoms with van der Waals surface area (Å²) in [7, 11) is 0. The van der Waals surface area contributed by atoms with Crippen LogP contribution < -0.4 is 5.32 Å². The summed E-state index contributed by atoms with van der Waals surface area (Å²) in [5, 5.41) is 2.40. The molecule has 4 nitrogen and oxygen atoms in total. The summed E-state index contributed by atoms with van der Waals surface area (Å²) < 4.78 is 43.7. The number of carbonyl (C=O) groups excluding carboxylic acids is 1. The minimum absolute atomic E-state index is 0.0249. The van der Waals surface area contributed by atoms with E-state index >= 15 is 0 Å². The van der Waals surface area contributed by atoms with Crippen LogP contribution in [0, 0.1) is 6.92 Å². The molecule has 1 aromatic heterocycles. The lowest BCUT2D eigenvalue weighted by molar-refractivity contribution is -0.137. The van der Waals surface area contributed by atoms with Crippen LogP contribution in [0.5, 0.6) is 0 Å². The number of hydrogen-bond acceptors (Lipinski definition) is 3. The van der Waals surface area contributed by atoms with Gasteiger partial charge in [-0.05, 0) is 37.3 Å². The Morgan fingerprint density at radius 2 is 1.80 bits per heavy atom. The van der Waals surface area contributed by atoms with Crippen molar-refractivity contribution in [3.63, 3.8) is 0 Å². The molecule has 0 radical (unpaired) electrons. The molecular weight excluding hydrogens is 333 g/mol. The summed E-state index contributed by atoms with van der Waals surface area (Å²) in [6.45, 7) is 1.59. The van der Waals surface area contributed by atoms with E-state index in [1.807, 2.05) is 6.07 Å². The number of hydrogen-bond donors (Lipinski definition) is 1. The van der Waals surface area contributed by atoms with Gasteiger partial charge in [0.1, 0.15) is 0 Å². The molecule has 0 bridgehead atoms. The molecule has 0 aliphatic rings. The Kier molecular flexibility index (Phi) is 4.31. The highest BCUT2D eigenvalue weighted by Crippen LogP contribution is 2.31. The third-order valence-electron chi connectivity index (χ3n) is 3.47. The first-order chi connectivity index (χ1) is 11.8. The van der Waals surface area contributed by atoms with Crippen molar-refractivity contribution in [1.29, 1.82) is 0 Å². The van der Waals surface area contributed by atoms with Crippen LogP contribution in [-0.4, -0.2) is 10.9 Å². The van der Waals surface area contributed by atoms with Gasteiger partial charge in [0, 0.05) is 11.3 Å². The van der Waals surface area contributed by atoms with Gasteiger partial charge < -0.3 is 9.73 Å². The van der Waals surface area contributed by atoms with Crippen LogP contribution in [0.3, 0.4) is 0 Å². The number of nitrogens with zero attached hydrogens (tertiary/aromatic N) is 1. The predicted molar refractivity (Wildman–Crippen MR) is 86.1 cm³/mol. The second-order valence-corrected chi connectivity index (χ2v) is 5.33. The van der Waals surface area contributed by atoms with Crippen molar-refractivity contribution < 1.29 is 22.4 Å². The van der Waals surface area contributed by atoms with Crippen LogP contribution in [-0.2, 0) is 6.18 Å². The first-order valence-corrected chi connectivity index (χ1v) is 7.36. The second-order valence-electron chi connectivity index (χ2n) is 5.33. The number of rotatable bonds is 3. The van der Waals surface area contributed by atoms with Gasteiger partial charge in [0.25, 0.3) is 5.91 Å². The molecule has 1 amide bonds. The average Bonchev–Trinajstić information content (AvgIpc) is 2.97. The van der Waals surface area contributed by atoms with Gasteiger partial charge in [0.2, 0.25) is 11.7 Å². The largest absolute Gasteiger partial charge is 0.431 e. The van der Waals surface area contributed by atoms with Crippen molar-refractivity contribution in [2.75, 3.05) is 5.32 Å². The topological polar surface area (TPSA) is 55.1 Å². The number of oxazole rings is 1. The number of benzene rings is 2. The molecule has 25 heavy (non-hydrogen) atoms. The number of anilines is 1. The van der Waals surface area contributed by atoms with Gasteiger partial charge in [0.05, 0.1) is 11.3 Å². The molecule has 1 N–H and O–H groups in total. The van der Waals surface area contributed by atoms with Crippen LogP contribution in [0.15, 0.2) is 59.0 Å². The normalized spacial score (nSPS) is 11.4. The number of carbonyl (C=O) groups is 1. The molecule has 0 saturated carbocycles. The minimum atomic E-state index is -4.48. The summed E-state index contributed by atoms with van der Waals surface area (Å²) in [4.78, 5) is 16.5. The smallest absolute Gasteiger partial charge is 0.416 e. The molecule has 128 valence electrons. The van der Waals surface area contributed by atoms with E-state index in [0.29, 0.717) is 11.3 Å². The van der Waals surface area contributed by atoms with Crippen LogP contribution in [0.1, 0.15) is 21.8 Å². The fourth-order valence-electron chi connectivity index (χ4n) is 2.27. The third kappa shape index (κ3) is 3.71. The third-order valence-corrected chi connectivity index (χ3v) is 3.47. The maximum atomic E-state index is 12.7. The Morgan fingerprint density at radius 3 is 2.48 bits per heavy atom. The molecule has 0 aliphatic carbocycles. The Bertz CT molecular complexity index is 902. The lowest BCUT2D eigenvalue weighted by Crippen LogP contribution is -2.13. The highest BCUT2D eigenvalue weighted by Gasteiger charge is 2.30. The standard InChI is InChI=1S/C18H13F3N2O2/c1-11-15(25-17(22-11)12-6-3-2-4-7-12)16(24)23-14-9-5-8-13(10-14)18(19,20)21/h2-10H,1H3,(H,23,24). The zero-order valence-electron chi connectivity index (χ0n) is 13.1. The van der Waals surface area contributed by atoms with E-state index in [4.69, 9.17) is 4.42 Å². The van der Waals surface area contributed by atoms with Gasteiger partial charge in [0.15, 0.2) is 0 Å². The van der Waals surface area contributed by atoms with Crippen LogP contribution in [0.4, 0.5) is 18.9 Å². The van der Waals surface area contributed by atoms with Gasteiger partial charge in [-0.15, -0.1) is 0 Å². The molecular formula is C18H13F3N2O2. The number of aryl methyl sites for hydroxylation is 1. The van der Waals surface area contributed by atoms with Crippen LogP contribution in [0.25, 0.3) is 11.5 Å². The Labute approximate surface area is 141 Å². The lowest BCUT2D eigenvalue weighted by atomic mass is 10.2. The van der Waals surface area contributed by atoms with Crippen molar-refractivity contribution in [1.82, 2.24) is 4.98 Å². The van der Waals surface area contributed by atoms with E-state index in [9.17, 15) is 18.0 Å². The molecule has 7 heteroatoms. The van der Waals surface area contributed by atoms with E-state index in [1.54, 1.807) is 31.2 Å². The zero-order chi connectivity index (χ0) is 18.0. The van der Waals surface area contributed by atoms with Crippen LogP contribution >= 0.6 is 0 Å². The summed E-state index contributed by atoms with van der Waals surface area (Å²) >= 11 is 0. The molecule has 1 heterocycles. The van der Waals surface area contributed by atoms with Gasteiger partial charge in [-0.1, -0.05) is 24.3 Å². The average molecular weight is 346 g/mol. The molecule has 0 aliphatic heterocycles. The maximum absolute atomic E-state index is 12.7. The summed E-state index contributed by atoms with van der Waals surface area (Å²) in [6.07, 6.45) is -4.48. The molecule has 3 aromatic rings. The summed E-state index contributed by atoms with van der Waals surface area (Å²) in [5.41, 5.74) is 0.230. The SMILES string of the molecule is Cc1nc(-c2ccccc2)oc1C(=O)Nc1cccc(C(F)(F)F)c1. The molecule has 0 fully saturated rings. The summed E-state index contributed by atoms with van der Waals surface area (Å²) in [5.74, 6) is -0.435. The van der Waals surface area contributed by atoms with Gasteiger partial charge in [-0.2, -0.15) is 13.2 Å². The molecule has 0 unspecified atom stereocenters. The highest BCUT2D eigenvalue weighted by molar-refractivity contribution is 6.03. The summed E-state index contributed by atoms with van der Waals surface area (Å²) in [6, 6.07) is 13.4. The fourth-order valence-corrected chi connectivity index (χ4v) is 2.27. The molecule has 3 rings (SSSR count). The quantitative estimate of drug-likeness (QED) is 0.732. The maximum Gasteiger partial charge on any atom is 0.416 e. The van der Waals surface area contributed by atoms with E-state index in [1.165, 1.54) is 12.1 Å². The van der Waals surface area contributed by atoms with Gasteiger partial charge >= 0.3 is 6.18 Å². The van der Waals surface area contributed by atoms with Gasteiger partial charge in [-0.3, -0.25) is 4.79 Å². The first kappa shape index (κ1) is 16.8. The molecule has 0 saturated heterocycles. The van der Waals surface area contributed by atoms with Gasteiger partial charge in [-0.25, -0.2) is 4.98 Å². The Morgan fingerprint density at radius 1 is 1.08 bits per heavy atom. The zero-order valence-corrected chi connectivity index (χ0v) is 13.1. The number of halogens is 3. The molecule has 2 aromatic carbocycles. The second kappa shape index (κ2) is 6.43. The van der Waals surface area contributed by atoms with Crippen molar-refractivity contribution in [3.05, 3.63) is 71.6 Å². The van der Waals surface area contributed by atoms with Crippen LogP contribution in [0.2, 0.25) is 0 Å². The van der Waals surface area contributed by atoms with E-state index in [0.717, 1.165) is 12.1 Å².